The molecule has 0 unspecified atom stereocenters. The Kier molecular flexibility index (Phi) is 3.19. The molecule has 84 valence electrons. The van der Waals surface area contributed by atoms with Crippen molar-refractivity contribution in [3.63, 3.8) is 0 Å². The molecule has 0 bridgehead atoms. The average molecular weight is 245 g/mol. The van der Waals surface area contributed by atoms with E-state index >= 15 is 0 Å². The smallest absolute Gasteiger partial charge is 0.276 e. The van der Waals surface area contributed by atoms with Gasteiger partial charge in [-0.2, -0.15) is 0 Å². The van der Waals surface area contributed by atoms with E-state index < -0.39 is 26.5 Å². The first kappa shape index (κ1) is 12.1. The van der Waals surface area contributed by atoms with E-state index in [-0.39, 0.29) is 11.1 Å². The largest absolute Gasteiger partial charge is 0.349 e. The Morgan fingerprint density at radius 2 is 1.81 bits per heavy atom. The van der Waals surface area contributed by atoms with Crippen molar-refractivity contribution in [1.82, 2.24) is 0 Å². The van der Waals surface area contributed by atoms with E-state index in [0.717, 1.165) is 12.1 Å². The maximum absolute atomic E-state index is 10.9. The molecule has 8 heteroatoms. The highest BCUT2D eigenvalue weighted by Gasteiger charge is 2.29. The minimum Gasteiger partial charge on any atom is -0.276 e. The van der Waals surface area contributed by atoms with Crippen molar-refractivity contribution < 1.29 is 14.6 Å². The van der Waals surface area contributed by atoms with Crippen LogP contribution in [0.4, 0.5) is 11.4 Å². The number of nitro groups is 2. The van der Waals surface area contributed by atoms with E-state index in [9.17, 15) is 25.0 Å². The second kappa shape index (κ2) is 4.23. The molecular formula is C8H5ClN2O5. The van der Waals surface area contributed by atoms with Gasteiger partial charge in [0.2, 0.25) is 0 Å². The highest BCUT2D eigenvalue weighted by Crippen LogP contribution is 2.32. The SMILES string of the molecule is Cc1c(C(=O)Cl)ccc([N+](=O)[O-])c1[N+](=O)[O-]. The van der Waals surface area contributed by atoms with Crippen LogP contribution in [-0.4, -0.2) is 15.1 Å². The Balaban J connectivity index is 3.60. The number of nitrogens with zero attached hydrogens (tertiary/aromatic N) is 2. The Morgan fingerprint density at radius 1 is 1.25 bits per heavy atom. The van der Waals surface area contributed by atoms with Crippen LogP contribution in [0.25, 0.3) is 0 Å². The summed E-state index contributed by atoms with van der Waals surface area (Å²) in [6, 6.07) is 1.98. The minimum absolute atomic E-state index is 0.112. The van der Waals surface area contributed by atoms with Crippen molar-refractivity contribution in [2.24, 2.45) is 0 Å². The minimum atomic E-state index is -0.906. The highest BCUT2D eigenvalue weighted by molar-refractivity contribution is 6.68. The molecule has 0 spiro atoms. The number of hydrogen-bond donors (Lipinski definition) is 0. The zero-order valence-corrected chi connectivity index (χ0v) is 8.72. The summed E-state index contributed by atoms with van der Waals surface area (Å²) in [7, 11) is 0. The second-order valence-corrected chi connectivity index (χ2v) is 3.24. The molecule has 0 N–H and O–H groups in total. The van der Waals surface area contributed by atoms with Gasteiger partial charge in [0, 0.05) is 17.2 Å². The molecule has 1 aromatic carbocycles. The quantitative estimate of drug-likeness (QED) is 0.460. The molecule has 0 amide bonds. The highest BCUT2D eigenvalue weighted by atomic mass is 35.5. The summed E-state index contributed by atoms with van der Waals surface area (Å²) in [5, 5.41) is 20.3. The molecule has 0 atom stereocenters. The van der Waals surface area contributed by atoms with Gasteiger partial charge in [-0.15, -0.1) is 0 Å². The first-order valence-corrected chi connectivity index (χ1v) is 4.36. The van der Waals surface area contributed by atoms with Crippen molar-refractivity contribution >= 4 is 28.2 Å². The van der Waals surface area contributed by atoms with Crippen LogP contribution >= 0.6 is 11.6 Å². The summed E-state index contributed by atoms with van der Waals surface area (Å²) in [4.78, 5) is 30.3. The molecule has 0 aliphatic carbocycles. The van der Waals surface area contributed by atoms with Gasteiger partial charge in [0.15, 0.2) is 0 Å². The number of carbonyl (C=O) groups excluding carboxylic acids is 1. The predicted octanol–water partition coefficient (Wildman–Crippen LogP) is 2.19. The van der Waals surface area contributed by atoms with Gasteiger partial charge in [-0.3, -0.25) is 25.0 Å². The zero-order valence-electron chi connectivity index (χ0n) is 7.97. The molecule has 16 heavy (non-hydrogen) atoms. The molecular weight excluding hydrogens is 240 g/mol. The van der Waals surface area contributed by atoms with Gasteiger partial charge in [-0.05, 0) is 24.6 Å². The summed E-state index contributed by atoms with van der Waals surface area (Å²) < 4.78 is 0. The molecule has 0 saturated heterocycles. The Bertz CT molecular complexity index is 499. The van der Waals surface area contributed by atoms with E-state index in [1.165, 1.54) is 6.92 Å². The fourth-order valence-corrected chi connectivity index (χ4v) is 1.48. The van der Waals surface area contributed by atoms with Crippen molar-refractivity contribution in [1.29, 1.82) is 0 Å². The van der Waals surface area contributed by atoms with Crippen LogP contribution in [-0.2, 0) is 0 Å². The van der Waals surface area contributed by atoms with Crippen LogP contribution < -0.4 is 0 Å². The van der Waals surface area contributed by atoms with Gasteiger partial charge in [0.25, 0.3) is 5.24 Å². The van der Waals surface area contributed by atoms with Gasteiger partial charge in [-0.25, -0.2) is 0 Å². The molecule has 0 aromatic heterocycles. The summed E-state index contributed by atoms with van der Waals surface area (Å²) in [5.41, 5.74) is -1.60. The topological polar surface area (TPSA) is 103 Å². The monoisotopic (exact) mass is 244 g/mol. The standard InChI is InChI=1S/C8H5ClN2O5/c1-4-5(8(9)12)2-3-6(10(13)14)7(4)11(15)16/h2-3H,1H3. The number of nitro benzene ring substituents is 2. The molecule has 1 rings (SSSR count). The molecule has 1 aromatic rings. The summed E-state index contributed by atoms with van der Waals surface area (Å²) in [6.07, 6.45) is 0. The maximum Gasteiger partial charge on any atom is 0.349 e. The average Bonchev–Trinajstić information content (AvgIpc) is 2.15. The molecule has 0 fully saturated rings. The molecule has 0 radical (unpaired) electrons. The molecule has 0 aliphatic heterocycles. The molecule has 0 heterocycles. The lowest BCUT2D eigenvalue weighted by Crippen LogP contribution is -2.03. The van der Waals surface area contributed by atoms with Crippen LogP contribution in [0.15, 0.2) is 12.1 Å². The molecule has 7 nitrogen and oxygen atoms in total. The van der Waals surface area contributed by atoms with Gasteiger partial charge in [0.1, 0.15) is 0 Å². The number of carbonyl (C=O) groups is 1. The lowest BCUT2D eigenvalue weighted by Gasteiger charge is -2.02. The lowest BCUT2D eigenvalue weighted by molar-refractivity contribution is -0.422. The summed E-state index contributed by atoms with van der Waals surface area (Å²) in [6.45, 7) is 1.24. The number of hydrogen-bond acceptors (Lipinski definition) is 5. The van der Waals surface area contributed by atoms with Crippen LogP contribution in [0.3, 0.4) is 0 Å². The summed E-state index contributed by atoms with van der Waals surface area (Å²) in [5.74, 6) is 0. The van der Waals surface area contributed by atoms with E-state index in [0.29, 0.717) is 0 Å². The molecule has 0 saturated carbocycles. The van der Waals surface area contributed by atoms with E-state index in [1.54, 1.807) is 0 Å². The number of rotatable bonds is 3. The van der Waals surface area contributed by atoms with Crippen LogP contribution in [0.2, 0.25) is 0 Å². The van der Waals surface area contributed by atoms with E-state index in [4.69, 9.17) is 11.6 Å². The van der Waals surface area contributed by atoms with Gasteiger partial charge in [0.05, 0.1) is 9.85 Å². The third-order valence-corrected chi connectivity index (χ3v) is 2.20. The third kappa shape index (κ3) is 1.98. The van der Waals surface area contributed by atoms with Crippen molar-refractivity contribution in [3.8, 4) is 0 Å². The second-order valence-electron chi connectivity index (χ2n) is 2.89. The van der Waals surface area contributed by atoms with Crippen molar-refractivity contribution in [3.05, 3.63) is 43.5 Å². The van der Waals surface area contributed by atoms with Gasteiger partial charge in [-0.1, -0.05) is 0 Å². The Labute approximate surface area is 93.9 Å². The zero-order chi connectivity index (χ0) is 12.5. The summed E-state index contributed by atoms with van der Waals surface area (Å²) >= 11 is 5.19. The fraction of sp³-hybridized carbons (Fsp3) is 0.125. The number of halogens is 1. The Hall–Kier alpha value is -2.02. The normalized spacial score (nSPS) is 9.88. The van der Waals surface area contributed by atoms with Crippen molar-refractivity contribution in [2.45, 2.75) is 6.92 Å². The lowest BCUT2D eigenvalue weighted by atomic mass is 10.1. The first-order chi connectivity index (χ1) is 7.36. The third-order valence-electron chi connectivity index (χ3n) is 2.00. The van der Waals surface area contributed by atoms with Crippen LogP contribution in [0.1, 0.15) is 15.9 Å². The number of benzene rings is 1. The predicted molar refractivity (Wildman–Crippen MR) is 54.7 cm³/mol. The fourth-order valence-electron chi connectivity index (χ4n) is 1.28. The van der Waals surface area contributed by atoms with E-state index in [1.807, 2.05) is 0 Å². The van der Waals surface area contributed by atoms with Crippen LogP contribution in [0.5, 0.6) is 0 Å². The van der Waals surface area contributed by atoms with E-state index in [2.05, 4.69) is 0 Å². The van der Waals surface area contributed by atoms with Crippen molar-refractivity contribution in [2.75, 3.05) is 0 Å². The van der Waals surface area contributed by atoms with Gasteiger partial charge >= 0.3 is 11.4 Å². The molecule has 0 aliphatic rings. The Morgan fingerprint density at radius 3 is 2.19 bits per heavy atom. The maximum atomic E-state index is 10.9. The van der Waals surface area contributed by atoms with Crippen LogP contribution in [0, 0.1) is 27.2 Å². The van der Waals surface area contributed by atoms with Gasteiger partial charge < -0.3 is 0 Å². The first-order valence-electron chi connectivity index (χ1n) is 3.98.